The van der Waals surface area contributed by atoms with Crippen LogP contribution in [0.2, 0.25) is 0 Å². The highest BCUT2D eigenvalue weighted by Gasteiger charge is 2.23. The molecule has 0 saturated heterocycles. The maximum atomic E-state index is 12.8. The van der Waals surface area contributed by atoms with Gasteiger partial charge in [0.1, 0.15) is 16.0 Å². The number of ether oxygens (including phenoxy) is 3. The van der Waals surface area contributed by atoms with Crippen LogP contribution in [0.4, 0.5) is 0 Å². The molecule has 1 heterocycles. The van der Waals surface area contributed by atoms with Crippen LogP contribution in [0.3, 0.4) is 0 Å². The number of nitrogens with one attached hydrogen (secondary N) is 1. The van der Waals surface area contributed by atoms with Gasteiger partial charge in [-0.2, -0.15) is 5.10 Å². The minimum atomic E-state index is -0.811. The molecule has 1 N–H and O–H groups in total. The minimum absolute atomic E-state index is 0.375. The zero-order valence-corrected chi connectivity index (χ0v) is 18.5. The first-order valence-electron chi connectivity index (χ1n) is 9.28. The number of nitrogens with zero attached hydrogens (tertiary/aromatic N) is 2. The minimum Gasteiger partial charge on any atom is -0.495 e. The van der Waals surface area contributed by atoms with Crippen LogP contribution in [0.5, 0.6) is 11.5 Å². The Morgan fingerprint density at radius 2 is 1.93 bits per heavy atom. The maximum Gasteiger partial charge on any atom is 0.273 e. The van der Waals surface area contributed by atoms with E-state index in [-0.39, 0.29) is 5.91 Å². The Labute approximate surface area is 183 Å². The van der Waals surface area contributed by atoms with E-state index in [1.165, 1.54) is 6.21 Å². The second-order valence-electron chi connectivity index (χ2n) is 6.23. The number of methoxy groups -OCH3 is 2. The van der Waals surface area contributed by atoms with Gasteiger partial charge in [-0.3, -0.25) is 9.78 Å². The quantitative estimate of drug-likeness (QED) is 0.392. The summed E-state index contributed by atoms with van der Waals surface area (Å²) >= 11 is 3.42. The number of benzene rings is 2. The molecule has 30 heavy (non-hydrogen) atoms. The molecule has 3 rings (SSSR count). The molecular weight excluding hydrogens is 450 g/mol. The van der Waals surface area contributed by atoms with Crippen molar-refractivity contribution in [1.82, 2.24) is 10.4 Å². The van der Waals surface area contributed by atoms with E-state index in [9.17, 15) is 4.79 Å². The van der Waals surface area contributed by atoms with Gasteiger partial charge in [0.25, 0.3) is 5.91 Å². The molecule has 8 heteroatoms. The first-order valence-corrected chi connectivity index (χ1v) is 10.1. The maximum absolute atomic E-state index is 12.8. The summed E-state index contributed by atoms with van der Waals surface area (Å²) in [6.07, 6.45) is 2.42. The normalized spacial score (nSPS) is 12.1. The van der Waals surface area contributed by atoms with E-state index in [4.69, 9.17) is 14.2 Å². The average Bonchev–Trinajstić information content (AvgIpc) is 2.78. The predicted octanol–water partition coefficient (Wildman–Crippen LogP) is 4.24. The zero-order chi connectivity index (χ0) is 21.5. The number of carbonyl (C=O) groups is 1. The van der Waals surface area contributed by atoms with Gasteiger partial charge in [-0.15, -0.1) is 0 Å². The number of halogens is 1. The Morgan fingerprint density at radius 3 is 2.60 bits per heavy atom. The van der Waals surface area contributed by atoms with Crippen molar-refractivity contribution in [1.29, 1.82) is 0 Å². The van der Waals surface area contributed by atoms with Crippen molar-refractivity contribution >= 4 is 39.0 Å². The fraction of sp³-hybridized carbons (Fsp3) is 0.227. The molecule has 3 aromatic rings. The topological polar surface area (TPSA) is 82.0 Å². The summed E-state index contributed by atoms with van der Waals surface area (Å²) in [5.41, 5.74) is 4.80. The number of rotatable bonds is 8. The van der Waals surface area contributed by atoms with Crippen molar-refractivity contribution in [2.45, 2.75) is 13.0 Å². The molecule has 0 saturated carbocycles. The Bertz CT molecular complexity index is 1040. The third kappa shape index (κ3) is 4.77. The molecule has 0 aliphatic heterocycles. The van der Waals surface area contributed by atoms with Crippen molar-refractivity contribution in [2.75, 3.05) is 20.8 Å². The van der Waals surface area contributed by atoms with Crippen molar-refractivity contribution in [2.24, 2.45) is 5.10 Å². The highest BCUT2D eigenvalue weighted by molar-refractivity contribution is 9.10. The van der Waals surface area contributed by atoms with Gasteiger partial charge in [-0.25, -0.2) is 5.43 Å². The van der Waals surface area contributed by atoms with E-state index in [0.717, 1.165) is 16.5 Å². The van der Waals surface area contributed by atoms with Crippen molar-refractivity contribution < 1.29 is 19.0 Å². The largest absolute Gasteiger partial charge is 0.495 e. The lowest BCUT2D eigenvalue weighted by atomic mass is 10.0. The Morgan fingerprint density at radius 1 is 1.20 bits per heavy atom. The highest BCUT2D eigenvalue weighted by atomic mass is 79.9. The summed E-state index contributed by atoms with van der Waals surface area (Å²) in [5, 5.41) is 4.95. The van der Waals surface area contributed by atoms with Crippen LogP contribution in [-0.4, -0.2) is 37.9 Å². The molecule has 1 aromatic heterocycles. The van der Waals surface area contributed by atoms with E-state index in [1.807, 2.05) is 37.3 Å². The second kappa shape index (κ2) is 10.2. The number of hydrogen-bond donors (Lipinski definition) is 1. The van der Waals surface area contributed by atoms with Crippen molar-refractivity contribution in [3.8, 4) is 11.5 Å². The van der Waals surface area contributed by atoms with Crippen LogP contribution < -0.4 is 14.9 Å². The lowest BCUT2D eigenvalue weighted by molar-refractivity contribution is -0.132. The van der Waals surface area contributed by atoms with E-state index < -0.39 is 6.10 Å². The van der Waals surface area contributed by atoms with Gasteiger partial charge in [-0.05, 0) is 52.7 Å². The SMILES string of the molecule is CCOC(C(=O)NN=Cc1cc(OC)c(Br)c(OC)c1)c1cccc2ncccc12. The van der Waals surface area contributed by atoms with E-state index in [2.05, 4.69) is 31.4 Å². The van der Waals surface area contributed by atoms with Crippen molar-refractivity contribution in [3.63, 3.8) is 0 Å². The fourth-order valence-electron chi connectivity index (χ4n) is 3.02. The lowest BCUT2D eigenvalue weighted by Crippen LogP contribution is -2.27. The van der Waals surface area contributed by atoms with Crippen molar-refractivity contribution in [3.05, 3.63) is 64.3 Å². The monoisotopic (exact) mass is 471 g/mol. The molecule has 0 spiro atoms. The zero-order valence-electron chi connectivity index (χ0n) is 16.9. The van der Waals surface area contributed by atoms with Crippen LogP contribution in [0.15, 0.2) is 58.2 Å². The number of carbonyl (C=O) groups excluding carboxylic acids is 1. The van der Waals surface area contributed by atoms with Crippen LogP contribution in [0.1, 0.15) is 24.2 Å². The molecule has 0 radical (unpaired) electrons. The molecule has 156 valence electrons. The van der Waals surface area contributed by atoms with Crippen LogP contribution in [-0.2, 0) is 9.53 Å². The van der Waals surface area contributed by atoms with Crippen LogP contribution in [0.25, 0.3) is 10.9 Å². The van der Waals surface area contributed by atoms with Crippen LogP contribution >= 0.6 is 15.9 Å². The summed E-state index contributed by atoms with van der Waals surface area (Å²) < 4.78 is 17.1. The number of pyridine rings is 1. The lowest BCUT2D eigenvalue weighted by Gasteiger charge is -2.17. The number of hydrazone groups is 1. The van der Waals surface area contributed by atoms with E-state index in [0.29, 0.717) is 28.1 Å². The number of aromatic nitrogens is 1. The Kier molecular flexibility index (Phi) is 7.37. The summed E-state index contributed by atoms with van der Waals surface area (Å²) in [5.74, 6) is 0.815. The molecular formula is C22H22BrN3O4. The molecule has 7 nitrogen and oxygen atoms in total. The number of hydrogen-bond acceptors (Lipinski definition) is 6. The summed E-state index contributed by atoms with van der Waals surface area (Å²) in [7, 11) is 3.13. The molecule has 0 bridgehead atoms. The van der Waals surface area contributed by atoms with Gasteiger partial charge in [0.2, 0.25) is 0 Å². The molecule has 1 unspecified atom stereocenters. The summed E-state index contributed by atoms with van der Waals surface area (Å²) in [4.78, 5) is 17.2. The second-order valence-corrected chi connectivity index (χ2v) is 7.02. The van der Waals surface area contributed by atoms with E-state index in [1.54, 1.807) is 32.5 Å². The first kappa shape index (κ1) is 21.7. The summed E-state index contributed by atoms with van der Waals surface area (Å²) in [6, 6.07) is 12.9. The molecule has 0 fully saturated rings. The average molecular weight is 472 g/mol. The molecule has 0 aliphatic rings. The van der Waals surface area contributed by atoms with Gasteiger partial charge in [0.15, 0.2) is 6.10 Å². The van der Waals surface area contributed by atoms with Gasteiger partial charge >= 0.3 is 0 Å². The van der Waals surface area contributed by atoms with Gasteiger partial charge < -0.3 is 14.2 Å². The van der Waals surface area contributed by atoms with Crippen LogP contribution in [0, 0.1) is 0 Å². The Hall–Kier alpha value is -2.97. The summed E-state index contributed by atoms with van der Waals surface area (Å²) in [6.45, 7) is 2.22. The van der Waals surface area contributed by atoms with Gasteiger partial charge in [0, 0.05) is 23.8 Å². The predicted molar refractivity (Wildman–Crippen MR) is 119 cm³/mol. The molecule has 2 aromatic carbocycles. The fourth-order valence-corrected chi connectivity index (χ4v) is 3.58. The third-order valence-corrected chi connectivity index (χ3v) is 5.17. The molecule has 0 aliphatic carbocycles. The smallest absolute Gasteiger partial charge is 0.273 e. The van der Waals surface area contributed by atoms with E-state index >= 15 is 0 Å². The number of amides is 1. The Balaban J connectivity index is 1.82. The highest BCUT2D eigenvalue weighted by Crippen LogP contribution is 2.35. The van der Waals surface area contributed by atoms with Gasteiger partial charge in [0.05, 0.1) is 26.0 Å². The molecule has 1 amide bonds. The first-order chi connectivity index (χ1) is 14.6. The van der Waals surface area contributed by atoms with Gasteiger partial charge in [-0.1, -0.05) is 18.2 Å². The number of fused-ring (bicyclic) bond motifs is 1. The standard InChI is InChI=1S/C22H22BrN3O4/c1-4-30-21(16-7-5-9-17-15(16)8-6-10-24-17)22(27)26-25-13-14-11-18(28-2)20(23)19(12-14)29-3/h5-13,21H,4H2,1-3H3,(H,26,27). The third-order valence-electron chi connectivity index (χ3n) is 4.39. The molecule has 1 atom stereocenters.